The summed E-state index contributed by atoms with van der Waals surface area (Å²) in [6.45, 7) is 9.86. The maximum absolute atomic E-state index is 14.0. The van der Waals surface area contributed by atoms with Crippen molar-refractivity contribution >= 4 is 49.6 Å². The van der Waals surface area contributed by atoms with E-state index in [1.165, 1.54) is 10.0 Å². The fourth-order valence-corrected chi connectivity index (χ4v) is 6.28. The number of rotatable bonds is 5. The lowest BCUT2D eigenvalue weighted by Gasteiger charge is -2.30. The van der Waals surface area contributed by atoms with E-state index in [2.05, 4.69) is 4.90 Å². The van der Waals surface area contributed by atoms with Gasteiger partial charge in [0.2, 0.25) is 0 Å². The van der Waals surface area contributed by atoms with Gasteiger partial charge < -0.3 is 14.4 Å². The summed E-state index contributed by atoms with van der Waals surface area (Å²) in [5.41, 5.74) is 3.22. The van der Waals surface area contributed by atoms with Crippen LogP contribution in [0.15, 0.2) is 71.6 Å². The Morgan fingerprint density at radius 2 is 1.63 bits per heavy atom. The Hall–Kier alpha value is -3.62. The van der Waals surface area contributed by atoms with E-state index >= 15 is 0 Å². The Bertz CT molecular complexity index is 1640. The maximum Gasteiger partial charge on any atom is 0.331 e. The van der Waals surface area contributed by atoms with Crippen LogP contribution in [0.25, 0.3) is 27.9 Å². The summed E-state index contributed by atoms with van der Waals surface area (Å²) in [5, 5.41) is 1.61. The summed E-state index contributed by atoms with van der Waals surface area (Å²) >= 11 is 0. The molecule has 5 rings (SSSR count). The van der Waals surface area contributed by atoms with Crippen LogP contribution in [0.2, 0.25) is 0 Å². The van der Waals surface area contributed by atoms with Crippen molar-refractivity contribution in [1.82, 2.24) is 3.97 Å². The standard InChI is InChI=1S/C30H32N2O5S/c1-21-9-12-23(13-10-21)38(34,35)32-26-8-6-5-7-24(26)25-19-22(11-14-29(33)37-30(2,3)4)27(20-28(25)32)31-15-17-36-18-16-31/h5-14,19-20H,15-18H2,1-4H3/b14-11+. The lowest BCUT2D eigenvalue weighted by molar-refractivity contribution is -0.148. The van der Waals surface area contributed by atoms with Gasteiger partial charge >= 0.3 is 5.97 Å². The maximum atomic E-state index is 14.0. The van der Waals surface area contributed by atoms with Gasteiger partial charge in [0.15, 0.2) is 0 Å². The molecule has 7 nitrogen and oxygen atoms in total. The summed E-state index contributed by atoms with van der Waals surface area (Å²) < 4.78 is 40.5. The van der Waals surface area contributed by atoms with E-state index in [4.69, 9.17) is 9.47 Å². The topological polar surface area (TPSA) is 77.8 Å². The highest BCUT2D eigenvalue weighted by molar-refractivity contribution is 7.90. The van der Waals surface area contributed by atoms with Gasteiger partial charge in [0.05, 0.1) is 29.1 Å². The zero-order valence-electron chi connectivity index (χ0n) is 22.1. The average Bonchev–Trinajstić information content (AvgIpc) is 3.21. The first kappa shape index (κ1) is 26.0. The van der Waals surface area contributed by atoms with Crippen molar-refractivity contribution in [3.8, 4) is 0 Å². The number of para-hydroxylation sites is 1. The van der Waals surface area contributed by atoms with Gasteiger partial charge in [0.25, 0.3) is 10.0 Å². The lowest BCUT2D eigenvalue weighted by atomic mass is 10.1. The lowest BCUT2D eigenvalue weighted by Crippen LogP contribution is -2.36. The minimum absolute atomic E-state index is 0.229. The highest BCUT2D eigenvalue weighted by Crippen LogP contribution is 2.37. The molecule has 198 valence electrons. The fraction of sp³-hybridized carbons (Fsp3) is 0.300. The van der Waals surface area contributed by atoms with Gasteiger partial charge in [0.1, 0.15) is 5.60 Å². The van der Waals surface area contributed by atoms with Crippen LogP contribution in [-0.2, 0) is 24.3 Å². The molecule has 1 aliphatic rings. The minimum Gasteiger partial charge on any atom is -0.457 e. The Kier molecular flexibility index (Phi) is 6.79. The third-order valence-electron chi connectivity index (χ3n) is 6.49. The van der Waals surface area contributed by atoms with Gasteiger partial charge in [-0.3, -0.25) is 0 Å². The number of carbonyl (C=O) groups excluding carboxylic acids is 1. The summed E-state index contributed by atoms with van der Waals surface area (Å²) in [7, 11) is -3.89. The molecule has 1 saturated heterocycles. The summed E-state index contributed by atoms with van der Waals surface area (Å²) in [4.78, 5) is 14.9. The van der Waals surface area contributed by atoms with Crippen molar-refractivity contribution in [3.63, 3.8) is 0 Å². The molecule has 0 N–H and O–H groups in total. The van der Waals surface area contributed by atoms with Gasteiger partial charge in [-0.05, 0) is 69.7 Å². The summed E-state index contributed by atoms with van der Waals surface area (Å²) in [6, 6.07) is 18.3. The van der Waals surface area contributed by atoms with Gasteiger partial charge in [0, 0.05) is 35.6 Å². The normalized spacial score (nSPS) is 15.0. The molecular weight excluding hydrogens is 500 g/mol. The molecule has 0 unspecified atom stereocenters. The average molecular weight is 533 g/mol. The van der Waals surface area contributed by atoms with Crippen LogP contribution < -0.4 is 4.90 Å². The van der Waals surface area contributed by atoms with Crippen LogP contribution in [0.3, 0.4) is 0 Å². The van der Waals surface area contributed by atoms with E-state index in [1.807, 2.05) is 64.1 Å². The number of ether oxygens (including phenoxy) is 2. The Labute approximate surface area is 223 Å². The van der Waals surface area contributed by atoms with Crippen LogP contribution in [0.4, 0.5) is 5.69 Å². The fourth-order valence-electron chi connectivity index (χ4n) is 4.77. The third-order valence-corrected chi connectivity index (χ3v) is 8.24. The molecule has 1 aromatic heterocycles. The molecule has 3 aromatic carbocycles. The molecule has 0 amide bonds. The summed E-state index contributed by atoms with van der Waals surface area (Å²) in [6.07, 6.45) is 3.18. The van der Waals surface area contributed by atoms with Crippen LogP contribution >= 0.6 is 0 Å². The third kappa shape index (κ3) is 5.06. The van der Waals surface area contributed by atoms with Crippen molar-refractivity contribution in [1.29, 1.82) is 0 Å². The van der Waals surface area contributed by atoms with Gasteiger partial charge in [-0.25, -0.2) is 17.2 Å². The molecule has 0 spiro atoms. The number of anilines is 1. The van der Waals surface area contributed by atoms with E-state index in [1.54, 1.807) is 30.3 Å². The molecule has 0 bridgehead atoms. The largest absolute Gasteiger partial charge is 0.457 e. The van der Waals surface area contributed by atoms with E-state index in [0.717, 1.165) is 27.6 Å². The van der Waals surface area contributed by atoms with Crippen LogP contribution in [0, 0.1) is 6.92 Å². The SMILES string of the molecule is Cc1ccc(S(=O)(=O)n2c3ccccc3c3cc(/C=C/C(=O)OC(C)(C)C)c(N4CCOCC4)cc32)cc1. The van der Waals surface area contributed by atoms with Crippen molar-refractivity contribution in [3.05, 3.63) is 77.9 Å². The zero-order valence-corrected chi connectivity index (χ0v) is 22.9. The number of esters is 1. The van der Waals surface area contributed by atoms with Crippen molar-refractivity contribution in [2.75, 3.05) is 31.2 Å². The number of fused-ring (bicyclic) bond motifs is 3. The first-order valence-corrected chi connectivity index (χ1v) is 14.1. The smallest absolute Gasteiger partial charge is 0.331 e. The molecule has 38 heavy (non-hydrogen) atoms. The molecule has 1 fully saturated rings. The number of morpholine rings is 1. The van der Waals surface area contributed by atoms with Crippen LogP contribution in [-0.4, -0.2) is 50.3 Å². The predicted molar refractivity (Wildman–Crippen MR) is 151 cm³/mol. The number of hydrogen-bond donors (Lipinski definition) is 0. The molecule has 0 atom stereocenters. The molecule has 0 saturated carbocycles. The highest BCUT2D eigenvalue weighted by atomic mass is 32.2. The van der Waals surface area contributed by atoms with E-state index < -0.39 is 21.6 Å². The van der Waals surface area contributed by atoms with Crippen molar-refractivity contribution in [2.24, 2.45) is 0 Å². The van der Waals surface area contributed by atoms with Crippen molar-refractivity contribution < 1.29 is 22.7 Å². The molecule has 0 aliphatic carbocycles. The molecule has 4 aromatic rings. The number of aryl methyl sites for hydroxylation is 1. The Balaban J connectivity index is 1.75. The molecule has 1 aliphatic heterocycles. The Morgan fingerprint density at radius 3 is 2.32 bits per heavy atom. The predicted octanol–water partition coefficient (Wildman–Crippen LogP) is 5.53. The first-order chi connectivity index (χ1) is 18.0. The van der Waals surface area contributed by atoms with E-state index in [9.17, 15) is 13.2 Å². The highest BCUT2D eigenvalue weighted by Gasteiger charge is 2.25. The molecule has 0 radical (unpaired) electrons. The quantitative estimate of drug-likeness (QED) is 0.248. The van der Waals surface area contributed by atoms with E-state index in [-0.39, 0.29) is 4.90 Å². The van der Waals surface area contributed by atoms with Crippen molar-refractivity contribution in [2.45, 2.75) is 38.2 Å². The van der Waals surface area contributed by atoms with Gasteiger partial charge in [-0.2, -0.15) is 0 Å². The molecule has 8 heteroatoms. The second-order valence-corrected chi connectivity index (χ2v) is 12.3. The number of aromatic nitrogens is 1. The van der Waals surface area contributed by atoms with E-state index in [0.29, 0.717) is 37.3 Å². The second-order valence-electron chi connectivity index (χ2n) is 10.5. The van der Waals surface area contributed by atoms with Gasteiger partial charge in [-0.1, -0.05) is 35.9 Å². The molecular formula is C30H32N2O5S. The number of hydrogen-bond acceptors (Lipinski definition) is 6. The monoisotopic (exact) mass is 532 g/mol. The van der Waals surface area contributed by atoms with Crippen LogP contribution in [0.5, 0.6) is 0 Å². The number of carbonyl (C=O) groups is 1. The first-order valence-electron chi connectivity index (χ1n) is 12.7. The van der Waals surface area contributed by atoms with Gasteiger partial charge in [-0.15, -0.1) is 0 Å². The number of benzene rings is 3. The second kappa shape index (κ2) is 9.93. The molecule has 2 heterocycles. The number of nitrogens with zero attached hydrogens (tertiary/aromatic N) is 2. The minimum atomic E-state index is -3.89. The zero-order chi connectivity index (χ0) is 27.1. The van der Waals surface area contributed by atoms with Crippen LogP contribution in [0.1, 0.15) is 31.9 Å². The Morgan fingerprint density at radius 1 is 0.947 bits per heavy atom. The summed E-state index contributed by atoms with van der Waals surface area (Å²) in [5.74, 6) is -0.435.